The third-order valence-corrected chi connectivity index (χ3v) is 3.59. The summed E-state index contributed by atoms with van der Waals surface area (Å²) in [6, 6.07) is 4.80. The number of nitrogens with two attached hydrogens (primary N) is 1. The van der Waals surface area contributed by atoms with Crippen molar-refractivity contribution in [1.29, 1.82) is 0 Å². The van der Waals surface area contributed by atoms with Crippen LogP contribution < -0.4 is 11.1 Å². The van der Waals surface area contributed by atoms with Crippen molar-refractivity contribution in [3.63, 3.8) is 0 Å². The molecule has 1 amide bonds. The molecule has 104 valence electrons. The Hall–Kier alpha value is -1.72. The molecule has 5 nitrogen and oxygen atoms in total. The molecule has 3 rings (SSSR count). The number of aromatic nitrogens is 2. The van der Waals surface area contributed by atoms with Crippen molar-refractivity contribution in [3.8, 4) is 0 Å². The second-order valence-electron chi connectivity index (χ2n) is 4.79. The number of carbonyl (C=O) groups excluding carboxylic acids is 1. The average Bonchev–Trinajstić information content (AvgIpc) is 3.11. The predicted molar refractivity (Wildman–Crippen MR) is 79.4 cm³/mol. The van der Waals surface area contributed by atoms with Gasteiger partial charge in [0.05, 0.1) is 11.4 Å². The molecule has 4 N–H and O–H groups in total. The normalized spacial score (nSPS) is 14.3. The minimum Gasteiger partial charge on any atom is -0.395 e. The van der Waals surface area contributed by atoms with Crippen molar-refractivity contribution in [2.45, 2.75) is 18.8 Å². The van der Waals surface area contributed by atoms with E-state index in [1.807, 2.05) is 0 Å². The molecule has 7 heteroatoms. The van der Waals surface area contributed by atoms with Crippen LogP contribution in [-0.4, -0.2) is 16.1 Å². The Morgan fingerprint density at radius 1 is 1.30 bits per heavy atom. The van der Waals surface area contributed by atoms with Crippen LogP contribution in [0.5, 0.6) is 0 Å². The Balaban J connectivity index is 1.82. The van der Waals surface area contributed by atoms with Gasteiger partial charge in [0.25, 0.3) is 5.91 Å². The first-order valence-electron chi connectivity index (χ1n) is 6.16. The number of rotatable bonds is 3. The van der Waals surface area contributed by atoms with Crippen LogP contribution in [0, 0.1) is 0 Å². The minimum atomic E-state index is -0.385. The summed E-state index contributed by atoms with van der Waals surface area (Å²) in [6.07, 6.45) is 2.16. The maximum absolute atomic E-state index is 12.2. The molecule has 1 aromatic carbocycles. The molecule has 1 aromatic heterocycles. The van der Waals surface area contributed by atoms with Crippen LogP contribution in [0.2, 0.25) is 10.0 Å². The summed E-state index contributed by atoms with van der Waals surface area (Å²) in [5.41, 5.74) is 7.91. The van der Waals surface area contributed by atoms with Crippen molar-refractivity contribution < 1.29 is 4.79 Å². The van der Waals surface area contributed by atoms with E-state index in [2.05, 4.69) is 15.5 Å². The van der Waals surface area contributed by atoms with Crippen molar-refractivity contribution in [1.82, 2.24) is 10.2 Å². The Bertz CT molecular complexity index is 659. The van der Waals surface area contributed by atoms with E-state index in [-0.39, 0.29) is 11.6 Å². The monoisotopic (exact) mass is 310 g/mol. The van der Waals surface area contributed by atoms with Crippen molar-refractivity contribution >= 4 is 40.5 Å². The summed E-state index contributed by atoms with van der Waals surface area (Å²) in [4.78, 5) is 12.2. The van der Waals surface area contributed by atoms with E-state index in [0.29, 0.717) is 27.3 Å². The van der Waals surface area contributed by atoms with Gasteiger partial charge in [-0.2, -0.15) is 5.10 Å². The summed E-state index contributed by atoms with van der Waals surface area (Å²) in [7, 11) is 0. The number of anilines is 2. The number of carbonyl (C=O) groups is 1. The van der Waals surface area contributed by atoms with Gasteiger partial charge in [-0.3, -0.25) is 9.89 Å². The zero-order valence-corrected chi connectivity index (χ0v) is 11.9. The first-order valence-corrected chi connectivity index (χ1v) is 6.91. The number of aromatic amines is 1. The quantitative estimate of drug-likeness (QED) is 0.812. The van der Waals surface area contributed by atoms with Gasteiger partial charge < -0.3 is 11.1 Å². The summed E-state index contributed by atoms with van der Waals surface area (Å²) < 4.78 is 0. The van der Waals surface area contributed by atoms with Gasteiger partial charge in [0, 0.05) is 21.7 Å². The maximum atomic E-state index is 12.2. The molecule has 0 atom stereocenters. The van der Waals surface area contributed by atoms with Crippen LogP contribution >= 0.6 is 23.2 Å². The highest BCUT2D eigenvalue weighted by atomic mass is 35.5. The highest BCUT2D eigenvalue weighted by Crippen LogP contribution is 2.42. The van der Waals surface area contributed by atoms with Gasteiger partial charge >= 0.3 is 0 Å². The number of hydrogen-bond acceptors (Lipinski definition) is 3. The van der Waals surface area contributed by atoms with Crippen molar-refractivity contribution in [3.05, 3.63) is 39.6 Å². The standard InChI is InChI=1S/C13H12Cl2N4O/c14-7-3-8(15)5-9(4-7)17-13(20)12-10(16)11(18-19-12)6-1-2-6/h3-6H,1-2,16H2,(H,17,20)(H,18,19). The molecule has 1 fully saturated rings. The molecule has 0 aliphatic heterocycles. The fourth-order valence-electron chi connectivity index (χ4n) is 2.04. The van der Waals surface area contributed by atoms with E-state index in [0.717, 1.165) is 18.5 Å². The highest BCUT2D eigenvalue weighted by Gasteiger charge is 2.30. The van der Waals surface area contributed by atoms with Gasteiger partial charge in [-0.05, 0) is 31.0 Å². The lowest BCUT2D eigenvalue weighted by atomic mass is 10.2. The van der Waals surface area contributed by atoms with E-state index in [1.54, 1.807) is 18.2 Å². The number of benzene rings is 1. The number of H-pyrrole nitrogens is 1. The van der Waals surface area contributed by atoms with Crippen LogP contribution in [0.4, 0.5) is 11.4 Å². The molecular weight excluding hydrogens is 299 g/mol. The number of halogens is 2. The smallest absolute Gasteiger partial charge is 0.278 e. The Morgan fingerprint density at radius 3 is 2.55 bits per heavy atom. The topological polar surface area (TPSA) is 83.8 Å². The Kier molecular flexibility index (Phi) is 3.31. The molecule has 1 saturated carbocycles. The van der Waals surface area contributed by atoms with E-state index in [1.165, 1.54) is 0 Å². The molecule has 0 bridgehead atoms. The van der Waals surface area contributed by atoms with Crippen molar-refractivity contribution in [2.24, 2.45) is 0 Å². The third kappa shape index (κ3) is 2.59. The fourth-order valence-corrected chi connectivity index (χ4v) is 2.56. The summed E-state index contributed by atoms with van der Waals surface area (Å²) in [5, 5.41) is 10.4. The molecule has 1 heterocycles. The van der Waals surface area contributed by atoms with Gasteiger partial charge in [0.15, 0.2) is 5.69 Å². The number of nitrogen functional groups attached to an aromatic ring is 1. The molecule has 1 aliphatic carbocycles. The third-order valence-electron chi connectivity index (χ3n) is 3.15. The molecule has 0 spiro atoms. The number of nitrogens with one attached hydrogen (secondary N) is 2. The number of nitrogens with zero attached hydrogens (tertiary/aromatic N) is 1. The molecule has 1 aliphatic rings. The van der Waals surface area contributed by atoms with E-state index in [4.69, 9.17) is 28.9 Å². The van der Waals surface area contributed by atoms with Gasteiger partial charge in [-0.1, -0.05) is 23.2 Å². The molecule has 0 saturated heterocycles. The molecule has 20 heavy (non-hydrogen) atoms. The van der Waals surface area contributed by atoms with Gasteiger partial charge in [-0.15, -0.1) is 0 Å². The molecule has 0 unspecified atom stereocenters. The Morgan fingerprint density at radius 2 is 1.95 bits per heavy atom. The van der Waals surface area contributed by atoms with Crippen LogP contribution in [0.25, 0.3) is 0 Å². The predicted octanol–water partition coefficient (Wildman–Crippen LogP) is 3.43. The lowest BCUT2D eigenvalue weighted by Crippen LogP contribution is -2.14. The molecular formula is C13H12Cl2N4O. The summed E-state index contributed by atoms with van der Waals surface area (Å²) in [6.45, 7) is 0. The van der Waals surface area contributed by atoms with Gasteiger partial charge in [0.1, 0.15) is 0 Å². The van der Waals surface area contributed by atoms with E-state index in [9.17, 15) is 4.79 Å². The Labute approximate surface area is 125 Å². The lowest BCUT2D eigenvalue weighted by molar-refractivity contribution is 0.102. The van der Waals surface area contributed by atoms with Crippen LogP contribution in [0.3, 0.4) is 0 Å². The van der Waals surface area contributed by atoms with E-state index < -0.39 is 0 Å². The fraction of sp³-hybridized carbons (Fsp3) is 0.231. The molecule has 2 aromatic rings. The summed E-state index contributed by atoms with van der Waals surface area (Å²) in [5.74, 6) is 0.0219. The van der Waals surface area contributed by atoms with Gasteiger partial charge in [0.2, 0.25) is 0 Å². The van der Waals surface area contributed by atoms with Crippen LogP contribution in [0.15, 0.2) is 18.2 Å². The highest BCUT2D eigenvalue weighted by molar-refractivity contribution is 6.35. The van der Waals surface area contributed by atoms with Crippen LogP contribution in [-0.2, 0) is 0 Å². The SMILES string of the molecule is Nc1c(C(=O)Nc2cc(Cl)cc(Cl)c2)n[nH]c1C1CC1. The zero-order chi connectivity index (χ0) is 14.3. The van der Waals surface area contributed by atoms with E-state index >= 15 is 0 Å². The first kappa shape index (κ1) is 13.3. The largest absolute Gasteiger partial charge is 0.395 e. The van der Waals surface area contributed by atoms with Gasteiger partial charge in [-0.25, -0.2) is 0 Å². The van der Waals surface area contributed by atoms with Crippen molar-refractivity contribution in [2.75, 3.05) is 11.1 Å². The maximum Gasteiger partial charge on any atom is 0.278 e. The second-order valence-corrected chi connectivity index (χ2v) is 5.66. The molecule has 0 radical (unpaired) electrons. The first-order chi connectivity index (χ1) is 9.54. The number of hydrogen-bond donors (Lipinski definition) is 3. The summed E-state index contributed by atoms with van der Waals surface area (Å²) >= 11 is 11.8. The second kappa shape index (κ2) is 5.00. The number of amides is 1. The average molecular weight is 311 g/mol. The zero-order valence-electron chi connectivity index (χ0n) is 10.4. The minimum absolute atomic E-state index is 0.197. The van der Waals surface area contributed by atoms with Crippen LogP contribution in [0.1, 0.15) is 34.9 Å². The lowest BCUT2D eigenvalue weighted by Gasteiger charge is -2.05.